The van der Waals surface area contributed by atoms with Crippen LogP contribution in [-0.4, -0.2) is 19.3 Å². The smallest absolute Gasteiger partial charge is 0.108 e. The Morgan fingerprint density at radius 1 is 1.22 bits per heavy atom. The summed E-state index contributed by atoms with van der Waals surface area (Å²) in [4.78, 5) is 0. The highest BCUT2D eigenvalue weighted by molar-refractivity contribution is 4.91. The first-order valence-corrected chi connectivity index (χ1v) is 3.72. The average Bonchev–Trinajstić information content (AvgIpc) is 2.37. The zero-order valence-corrected chi connectivity index (χ0v) is 5.44. The SMILES string of the molecule is FC(C1CC1)C1CNC1. The minimum Gasteiger partial charge on any atom is -0.316 e. The number of hydrogen-bond donors (Lipinski definition) is 1. The molecule has 1 N–H and O–H groups in total. The molecule has 0 aromatic carbocycles. The first-order chi connectivity index (χ1) is 4.38. The van der Waals surface area contributed by atoms with Crippen LogP contribution >= 0.6 is 0 Å². The van der Waals surface area contributed by atoms with Gasteiger partial charge in [0.1, 0.15) is 6.17 Å². The molecule has 9 heavy (non-hydrogen) atoms. The van der Waals surface area contributed by atoms with Crippen LogP contribution in [0.15, 0.2) is 0 Å². The zero-order chi connectivity index (χ0) is 6.27. The predicted molar refractivity (Wildman–Crippen MR) is 34.0 cm³/mol. The van der Waals surface area contributed by atoms with Crippen molar-refractivity contribution in [3.05, 3.63) is 0 Å². The molecule has 1 unspecified atom stereocenters. The number of hydrogen-bond acceptors (Lipinski definition) is 1. The van der Waals surface area contributed by atoms with Crippen molar-refractivity contribution < 1.29 is 4.39 Å². The molecular formula is C7H12FN. The maximum Gasteiger partial charge on any atom is 0.108 e. The van der Waals surface area contributed by atoms with E-state index in [1.165, 1.54) is 0 Å². The van der Waals surface area contributed by atoms with Gasteiger partial charge in [0.25, 0.3) is 0 Å². The van der Waals surface area contributed by atoms with Gasteiger partial charge in [-0.2, -0.15) is 0 Å². The maximum atomic E-state index is 13.0. The molecule has 2 fully saturated rings. The molecule has 2 aliphatic rings. The molecule has 1 atom stereocenters. The molecule has 1 aliphatic carbocycles. The third kappa shape index (κ3) is 0.960. The van der Waals surface area contributed by atoms with Crippen LogP contribution < -0.4 is 5.32 Å². The van der Waals surface area contributed by atoms with Crippen LogP contribution in [0.3, 0.4) is 0 Å². The van der Waals surface area contributed by atoms with E-state index in [-0.39, 0.29) is 0 Å². The molecule has 2 heteroatoms. The molecule has 0 bridgehead atoms. The molecular weight excluding hydrogens is 117 g/mol. The van der Waals surface area contributed by atoms with Crippen molar-refractivity contribution in [1.29, 1.82) is 0 Å². The van der Waals surface area contributed by atoms with Crippen LogP contribution in [0.1, 0.15) is 12.8 Å². The Kier molecular flexibility index (Phi) is 1.22. The highest BCUT2D eigenvalue weighted by Crippen LogP contribution is 2.38. The van der Waals surface area contributed by atoms with E-state index in [9.17, 15) is 4.39 Å². The highest BCUT2D eigenvalue weighted by Gasteiger charge is 2.38. The molecule has 1 saturated carbocycles. The summed E-state index contributed by atoms with van der Waals surface area (Å²) < 4.78 is 13.0. The van der Waals surface area contributed by atoms with Gasteiger partial charge in [-0.15, -0.1) is 0 Å². The molecule has 2 rings (SSSR count). The minimum absolute atomic E-state index is 0.359. The number of alkyl halides is 1. The normalized spacial score (nSPS) is 31.7. The molecule has 0 aromatic rings. The van der Waals surface area contributed by atoms with E-state index >= 15 is 0 Å². The monoisotopic (exact) mass is 129 g/mol. The summed E-state index contributed by atoms with van der Waals surface area (Å²) in [6.07, 6.45) is 1.79. The van der Waals surface area contributed by atoms with Gasteiger partial charge in [-0.1, -0.05) is 0 Å². The fourth-order valence-corrected chi connectivity index (χ4v) is 1.34. The van der Waals surface area contributed by atoms with Gasteiger partial charge < -0.3 is 5.32 Å². The van der Waals surface area contributed by atoms with Crippen LogP contribution in [0.4, 0.5) is 4.39 Å². The first kappa shape index (κ1) is 5.66. The maximum absolute atomic E-state index is 13.0. The lowest BCUT2D eigenvalue weighted by Crippen LogP contribution is -2.47. The largest absolute Gasteiger partial charge is 0.316 e. The van der Waals surface area contributed by atoms with Gasteiger partial charge in [0.15, 0.2) is 0 Å². The molecule has 0 aromatic heterocycles. The van der Waals surface area contributed by atoms with Crippen LogP contribution in [0.25, 0.3) is 0 Å². The fourth-order valence-electron chi connectivity index (χ4n) is 1.34. The van der Waals surface area contributed by atoms with Crippen molar-refractivity contribution in [3.8, 4) is 0 Å². The summed E-state index contributed by atoms with van der Waals surface area (Å²) >= 11 is 0. The topological polar surface area (TPSA) is 12.0 Å². The lowest BCUT2D eigenvalue weighted by Gasteiger charge is -2.29. The van der Waals surface area contributed by atoms with Gasteiger partial charge in [0, 0.05) is 19.0 Å². The molecule has 1 aliphatic heterocycles. The quantitative estimate of drug-likeness (QED) is 0.585. The Hall–Kier alpha value is -0.110. The van der Waals surface area contributed by atoms with Gasteiger partial charge in [0.05, 0.1) is 0 Å². The second-order valence-electron chi connectivity index (χ2n) is 3.20. The summed E-state index contributed by atoms with van der Waals surface area (Å²) in [5.74, 6) is 0.801. The number of nitrogens with one attached hydrogen (secondary N) is 1. The van der Waals surface area contributed by atoms with E-state index in [4.69, 9.17) is 0 Å². The van der Waals surface area contributed by atoms with Gasteiger partial charge >= 0.3 is 0 Å². The molecule has 1 saturated heterocycles. The van der Waals surface area contributed by atoms with E-state index in [0.717, 1.165) is 25.9 Å². The summed E-state index contributed by atoms with van der Waals surface area (Å²) in [5.41, 5.74) is 0. The molecule has 0 amide bonds. The van der Waals surface area contributed by atoms with E-state index in [1.54, 1.807) is 0 Å². The summed E-state index contributed by atoms with van der Waals surface area (Å²) in [6, 6.07) is 0. The lowest BCUT2D eigenvalue weighted by molar-refractivity contribution is 0.148. The number of rotatable bonds is 2. The van der Waals surface area contributed by atoms with Gasteiger partial charge in [-0.25, -0.2) is 4.39 Å². The number of halogens is 1. The third-order valence-corrected chi connectivity index (χ3v) is 2.34. The molecule has 0 spiro atoms. The van der Waals surface area contributed by atoms with Crippen molar-refractivity contribution in [3.63, 3.8) is 0 Å². The van der Waals surface area contributed by atoms with Crippen molar-refractivity contribution in [1.82, 2.24) is 5.32 Å². The average molecular weight is 129 g/mol. The Labute approximate surface area is 54.6 Å². The van der Waals surface area contributed by atoms with Crippen LogP contribution in [0.2, 0.25) is 0 Å². The van der Waals surface area contributed by atoms with Gasteiger partial charge in [0.2, 0.25) is 0 Å². The highest BCUT2D eigenvalue weighted by atomic mass is 19.1. The van der Waals surface area contributed by atoms with Gasteiger partial charge in [-0.05, 0) is 18.8 Å². The molecule has 0 radical (unpaired) electrons. The summed E-state index contributed by atoms with van der Waals surface area (Å²) in [6.45, 7) is 1.83. The van der Waals surface area contributed by atoms with Crippen molar-refractivity contribution in [2.24, 2.45) is 11.8 Å². The first-order valence-electron chi connectivity index (χ1n) is 3.72. The van der Waals surface area contributed by atoms with Crippen LogP contribution in [0, 0.1) is 11.8 Å². The van der Waals surface area contributed by atoms with Crippen molar-refractivity contribution in [2.75, 3.05) is 13.1 Å². The van der Waals surface area contributed by atoms with E-state index in [1.807, 2.05) is 0 Å². The Balaban J connectivity index is 1.81. The molecule has 1 nitrogen and oxygen atoms in total. The predicted octanol–water partition coefficient (Wildman–Crippen LogP) is 0.954. The van der Waals surface area contributed by atoms with Gasteiger partial charge in [-0.3, -0.25) is 0 Å². The molecule has 1 heterocycles. The van der Waals surface area contributed by atoms with Crippen molar-refractivity contribution >= 4 is 0 Å². The third-order valence-electron chi connectivity index (χ3n) is 2.34. The Morgan fingerprint density at radius 3 is 2.22 bits per heavy atom. The lowest BCUT2D eigenvalue weighted by atomic mass is 9.94. The minimum atomic E-state index is -0.480. The second-order valence-corrected chi connectivity index (χ2v) is 3.20. The zero-order valence-electron chi connectivity index (χ0n) is 5.44. The fraction of sp³-hybridized carbons (Fsp3) is 1.00. The van der Waals surface area contributed by atoms with E-state index < -0.39 is 6.17 Å². The summed E-state index contributed by atoms with van der Waals surface area (Å²) in [7, 11) is 0. The van der Waals surface area contributed by atoms with Crippen LogP contribution in [-0.2, 0) is 0 Å². The van der Waals surface area contributed by atoms with Crippen molar-refractivity contribution in [2.45, 2.75) is 19.0 Å². The van der Waals surface area contributed by atoms with E-state index in [2.05, 4.69) is 5.32 Å². The van der Waals surface area contributed by atoms with Crippen LogP contribution in [0.5, 0.6) is 0 Å². The standard InChI is InChI=1S/C7H12FN/c8-7(5-1-2-5)6-3-9-4-6/h5-7,9H,1-4H2. The second kappa shape index (κ2) is 1.94. The summed E-state index contributed by atoms with van der Waals surface area (Å²) in [5, 5.41) is 3.08. The Morgan fingerprint density at radius 2 is 1.89 bits per heavy atom. The van der Waals surface area contributed by atoms with E-state index in [0.29, 0.717) is 11.8 Å². The Bertz CT molecular complexity index is 107. The molecule has 52 valence electrons.